The maximum Gasteiger partial charge on any atom is 0.0207 e. The second-order valence-electron chi connectivity index (χ2n) is 5.46. The Kier molecular flexibility index (Phi) is 4.62. The quantitative estimate of drug-likeness (QED) is 0.684. The van der Waals surface area contributed by atoms with Crippen LogP contribution in [0.15, 0.2) is 0 Å². The van der Waals surface area contributed by atoms with E-state index in [1.165, 1.54) is 45.2 Å². The number of hydrogen-bond acceptors (Lipinski definition) is 3. The minimum atomic E-state index is 0.716. The summed E-state index contributed by atoms with van der Waals surface area (Å²) in [6.07, 6.45) is 6.69. The van der Waals surface area contributed by atoms with Gasteiger partial charge in [0.05, 0.1) is 0 Å². The Hall–Kier alpha value is -0.120. The molecule has 0 spiro atoms. The first-order chi connectivity index (χ1) is 7.83. The molecule has 1 aliphatic heterocycles. The van der Waals surface area contributed by atoms with Gasteiger partial charge in [0, 0.05) is 25.2 Å². The fraction of sp³-hybridized carbons (Fsp3) is 1.00. The minimum Gasteiger partial charge on any atom is -0.330 e. The third-order valence-electron chi connectivity index (χ3n) is 4.18. The smallest absolute Gasteiger partial charge is 0.0207 e. The molecule has 94 valence electrons. The van der Waals surface area contributed by atoms with E-state index in [9.17, 15) is 0 Å². The van der Waals surface area contributed by atoms with E-state index in [4.69, 9.17) is 5.73 Å². The first-order valence-electron chi connectivity index (χ1n) is 7.01. The molecule has 1 saturated heterocycles. The maximum atomic E-state index is 5.71. The second-order valence-corrected chi connectivity index (χ2v) is 5.46. The van der Waals surface area contributed by atoms with E-state index in [1.807, 2.05) is 0 Å². The van der Waals surface area contributed by atoms with E-state index in [2.05, 4.69) is 17.1 Å². The molecule has 1 saturated carbocycles. The average Bonchev–Trinajstić information content (AvgIpc) is 3.05. The van der Waals surface area contributed by atoms with Crippen LogP contribution >= 0.6 is 0 Å². The Labute approximate surface area is 99.8 Å². The monoisotopic (exact) mass is 225 g/mol. The van der Waals surface area contributed by atoms with Crippen LogP contribution in [0.1, 0.15) is 39.0 Å². The first-order valence-corrected chi connectivity index (χ1v) is 7.01. The Bertz CT molecular complexity index is 199. The lowest BCUT2D eigenvalue weighted by molar-refractivity contribution is 0.316. The molecule has 3 heteroatoms. The van der Waals surface area contributed by atoms with Crippen LogP contribution in [-0.4, -0.2) is 43.2 Å². The highest BCUT2D eigenvalue weighted by Gasteiger charge is 2.33. The molecule has 2 rings (SSSR count). The van der Waals surface area contributed by atoms with Gasteiger partial charge >= 0.3 is 0 Å². The third kappa shape index (κ3) is 3.44. The third-order valence-corrected chi connectivity index (χ3v) is 4.18. The zero-order valence-corrected chi connectivity index (χ0v) is 10.6. The van der Waals surface area contributed by atoms with Crippen LogP contribution in [0.2, 0.25) is 0 Å². The lowest BCUT2D eigenvalue weighted by Gasteiger charge is -2.17. The van der Waals surface area contributed by atoms with Crippen LogP contribution in [0.5, 0.6) is 0 Å². The summed E-state index contributed by atoms with van der Waals surface area (Å²) in [5, 5.41) is 3.70. The zero-order chi connectivity index (χ0) is 11.4. The van der Waals surface area contributed by atoms with Crippen molar-refractivity contribution in [3.8, 4) is 0 Å². The zero-order valence-electron chi connectivity index (χ0n) is 10.6. The summed E-state index contributed by atoms with van der Waals surface area (Å²) in [5.74, 6) is 0.716. The summed E-state index contributed by atoms with van der Waals surface area (Å²) in [6.45, 7) is 6.83. The predicted octanol–water partition coefficient (Wildman–Crippen LogP) is 1.19. The number of likely N-dealkylation sites (tertiary alicyclic amines) is 1. The molecule has 1 aliphatic carbocycles. The fourth-order valence-corrected chi connectivity index (χ4v) is 2.71. The van der Waals surface area contributed by atoms with Crippen molar-refractivity contribution in [1.82, 2.24) is 10.2 Å². The molecular weight excluding hydrogens is 198 g/mol. The highest BCUT2D eigenvalue weighted by molar-refractivity contribution is 4.91. The van der Waals surface area contributed by atoms with E-state index in [1.54, 1.807) is 0 Å². The Morgan fingerprint density at radius 2 is 2.19 bits per heavy atom. The Morgan fingerprint density at radius 3 is 2.81 bits per heavy atom. The molecule has 16 heavy (non-hydrogen) atoms. The molecule has 0 amide bonds. The maximum absolute atomic E-state index is 5.71. The Morgan fingerprint density at radius 1 is 1.38 bits per heavy atom. The minimum absolute atomic E-state index is 0.716. The van der Waals surface area contributed by atoms with Gasteiger partial charge in [-0.25, -0.2) is 0 Å². The second kappa shape index (κ2) is 5.99. The standard InChI is InChI=1S/C13H27N3/c1-2-11(9-14)5-7-15-12-6-8-16(10-12)13-3-4-13/h11-13,15H,2-10,14H2,1H3. The van der Waals surface area contributed by atoms with Gasteiger partial charge in [-0.1, -0.05) is 13.3 Å². The van der Waals surface area contributed by atoms with E-state index in [-0.39, 0.29) is 0 Å². The molecule has 0 aromatic rings. The van der Waals surface area contributed by atoms with E-state index >= 15 is 0 Å². The topological polar surface area (TPSA) is 41.3 Å². The lowest BCUT2D eigenvalue weighted by Crippen LogP contribution is -2.34. The summed E-state index contributed by atoms with van der Waals surface area (Å²) in [7, 11) is 0. The highest BCUT2D eigenvalue weighted by Crippen LogP contribution is 2.29. The fourth-order valence-electron chi connectivity index (χ4n) is 2.71. The largest absolute Gasteiger partial charge is 0.330 e. The molecule has 2 atom stereocenters. The molecule has 2 fully saturated rings. The van der Waals surface area contributed by atoms with Gasteiger partial charge < -0.3 is 11.1 Å². The molecule has 3 N–H and O–H groups in total. The molecule has 0 bridgehead atoms. The average molecular weight is 225 g/mol. The molecule has 1 heterocycles. The summed E-state index contributed by atoms with van der Waals surface area (Å²) in [4.78, 5) is 2.66. The molecular formula is C13H27N3. The van der Waals surface area contributed by atoms with Crippen molar-refractivity contribution in [2.24, 2.45) is 11.7 Å². The SMILES string of the molecule is CCC(CN)CCNC1CCN(C2CC2)C1. The lowest BCUT2D eigenvalue weighted by atomic mass is 10.0. The van der Waals surface area contributed by atoms with Crippen LogP contribution in [-0.2, 0) is 0 Å². The summed E-state index contributed by atoms with van der Waals surface area (Å²) < 4.78 is 0. The van der Waals surface area contributed by atoms with Gasteiger partial charge in [-0.3, -0.25) is 4.90 Å². The van der Waals surface area contributed by atoms with Gasteiger partial charge in [0.2, 0.25) is 0 Å². The van der Waals surface area contributed by atoms with Gasteiger partial charge in [0.15, 0.2) is 0 Å². The molecule has 3 nitrogen and oxygen atoms in total. The van der Waals surface area contributed by atoms with E-state index < -0.39 is 0 Å². The predicted molar refractivity (Wildman–Crippen MR) is 68.5 cm³/mol. The van der Waals surface area contributed by atoms with Crippen LogP contribution in [0.25, 0.3) is 0 Å². The van der Waals surface area contributed by atoms with Crippen LogP contribution < -0.4 is 11.1 Å². The van der Waals surface area contributed by atoms with E-state index in [0.717, 1.165) is 25.2 Å². The number of rotatable bonds is 7. The van der Waals surface area contributed by atoms with Crippen LogP contribution in [0, 0.1) is 5.92 Å². The molecule has 0 aromatic carbocycles. The van der Waals surface area contributed by atoms with Crippen molar-refractivity contribution < 1.29 is 0 Å². The van der Waals surface area contributed by atoms with Crippen molar-refractivity contribution >= 4 is 0 Å². The van der Waals surface area contributed by atoms with Gasteiger partial charge in [0.25, 0.3) is 0 Å². The molecule has 0 aromatic heterocycles. The van der Waals surface area contributed by atoms with Crippen molar-refractivity contribution in [2.45, 2.75) is 51.1 Å². The van der Waals surface area contributed by atoms with Gasteiger partial charge in [0.1, 0.15) is 0 Å². The normalized spacial score (nSPS) is 28.5. The van der Waals surface area contributed by atoms with Crippen LogP contribution in [0.3, 0.4) is 0 Å². The van der Waals surface area contributed by atoms with Crippen molar-refractivity contribution in [2.75, 3.05) is 26.2 Å². The van der Waals surface area contributed by atoms with Crippen molar-refractivity contribution in [3.63, 3.8) is 0 Å². The molecule has 2 aliphatic rings. The summed E-state index contributed by atoms with van der Waals surface area (Å²) in [6, 6.07) is 1.69. The molecule has 2 unspecified atom stereocenters. The number of nitrogens with two attached hydrogens (primary N) is 1. The van der Waals surface area contributed by atoms with E-state index in [0.29, 0.717) is 5.92 Å². The number of nitrogens with one attached hydrogen (secondary N) is 1. The van der Waals surface area contributed by atoms with Crippen molar-refractivity contribution in [3.05, 3.63) is 0 Å². The van der Waals surface area contributed by atoms with Gasteiger partial charge in [-0.05, 0) is 44.7 Å². The highest BCUT2D eigenvalue weighted by atomic mass is 15.2. The van der Waals surface area contributed by atoms with Gasteiger partial charge in [-0.2, -0.15) is 0 Å². The first kappa shape index (κ1) is 12.3. The molecule has 0 radical (unpaired) electrons. The number of hydrogen-bond donors (Lipinski definition) is 2. The van der Waals surface area contributed by atoms with Crippen molar-refractivity contribution in [1.29, 1.82) is 0 Å². The number of nitrogens with zero attached hydrogens (tertiary/aromatic N) is 1. The van der Waals surface area contributed by atoms with Crippen LogP contribution in [0.4, 0.5) is 0 Å². The summed E-state index contributed by atoms with van der Waals surface area (Å²) >= 11 is 0. The Balaban J connectivity index is 1.56. The van der Waals surface area contributed by atoms with Gasteiger partial charge in [-0.15, -0.1) is 0 Å². The summed E-state index contributed by atoms with van der Waals surface area (Å²) in [5.41, 5.74) is 5.71.